The Balaban J connectivity index is 3.07. The summed E-state index contributed by atoms with van der Waals surface area (Å²) in [5, 5.41) is 6.13. The smallest absolute Gasteiger partial charge is 0.253 e. The zero-order valence-electron chi connectivity index (χ0n) is 15.2. The molecule has 1 rings (SSSR count). The Kier molecular flexibility index (Phi) is 7.92. The van der Waals surface area contributed by atoms with E-state index < -0.39 is 0 Å². The van der Waals surface area contributed by atoms with E-state index in [4.69, 9.17) is 5.73 Å². The van der Waals surface area contributed by atoms with Crippen LogP contribution in [0.2, 0.25) is 0 Å². The highest BCUT2D eigenvalue weighted by Crippen LogP contribution is 2.25. The standard InChI is InChI=1S/C19H28N4O/c1-13(2)23-18-16(9-6-10-17(18)19(24)21-5)12-22-15(4)14(3)8-7-11-20/h6-11,15,22H,12,20H2,1-5H3,(H,21,24)/b11-7-,14-8-. The summed E-state index contributed by atoms with van der Waals surface area (Å²) in [7, 11) is 1.63. The molecule has 0 radical (unpaired) electrons. The third kappa shape index (κ3) is 5.66. The van der Waals surface area contributed by atoms with Gasteiger partial charge in [0, 0.05) is 25.3 Å². The van der Waals surface area contributed by atoms with Crippen LogP contribution in [0, 0.1) is 0 Å². The Morgan fingerprint density at radius 2 is 2.04 bits per heavy atom. The SMILES string of the molecule is CNC(=O)c1cccc(CNC(C)/C(C)=C\C=C/N)c1N=C(C)C. The zero-order chi connectivity index (χ0) is 18.1. The van der Waals surface area contributed by atoms with E-state index in [1.54, 1.807) is 13.1 Å². The summed E-state index contributed by atoms with van der Waals surface area (Å²) < 4.78 is 0. The number of nitrogens with two attached hydrogens (primary N) is 1. The molecule has 0 spiro atoms. The number of rotatable bonds is 7. The van der Waals surface area contributed by atoms with Crippen LogP contribution < -0.4 is 16.4 Å². The molecule has 0 saturated heterocycles. The Bertz CT molecular complexity index is 655. The van der Waals surface area contributed by atoms with Gasteiger partial charge in [-0.15, -0.1) is 0 Å². The highest BCUT2D eigenvalue weighted by atomic mass is 16.1. The van der Waals surface area contributed by atoms with Gasteiger partial charge in [0.1, 0.15) is 0 Å². The molecule has 0 bridgehead atoms. The van der Waals surface area contributed by atoms with Crippen molar-refractivity contribution in [3.05, 3.63) is 53.3 Å². The Morgan fingerprint density at radius 3 is 2.62 bits per heavy atom. The zero-order valence-corrected chi connectivity index (χ0v) is 15.2. The molecule has 1 amide bonds. The van der Waals surface area contributed by atoms with E-state index in [9.17, 15) is 4.79 Å². The van der Waals surface area contributed by atoms with Gasteiger partial charge in [-0.25, -0.2) is 0 Å². The number of carbonyl (C=O) groups is 1. The number of para-hydroxylation sites is 1. The fourth-order valence-electron chi connectivity index (χ4n) is 2.18. The molecule has 0 fully saturated rings. The fourth-order valence-corrected chi connectivity index (χ4v) is 2.18. The first kappa shape index (κ1) is 19.6. The van der Waals surface area contributed by atoms with Crippen LogP contribution in [0.15, 0.2) is 47.1 Å². The molecule has 130 valence electrons. The van der Waals surface area contributed by atoms with E-state index in [2.05, 4.69) is 22.5 Å². The van der Waals surface area contributed by atoms with Crippen LogP contribution in [-0.2, 0) is 6.54 Å². The first-order valence-corrected chi connectivity index (χ1v) is 8.05. The molecule has 1 aromatic carbocycles. The van der Waals surface area contributed by atoms with Crippen molar-refractivity contribution in [1.29, 1.82) is 0 Å². The summed E-state index contributed by atoms with van der Waals surface area (Å²) in [5.41, 5.74) is 9.75. The molecule has 5 heteroatoms. The summed E-state index contributed by atoms with van der Waals surface area (Å²) in [6, 6.07) is 5.86. The highest BCUT2D eigenvalue weighted by molar-refractivity contribution is 6.00. The molecule has 0 heterocycles. The van der Waals surface area contributed by atoms with Crippen molar-refractivity contribution in [2.24, 2.45) is 10.7 Å². The van der Waals surface area contributed by atoms with Crippen molar-refractivity contribution in [2.45, 2.75) is 40.3 Å². The second-order valence-corrected chi connectivity index (χ2v) is 5.85. The third-order valence-corrected chi connectivity index (χ3v) is 3.68. The number of nitrogens with one attached hydrogen (secondary N) is 2. The monoisotopic (exact) mass is 328 g/mol. The van der Waals surface area contributed by atoms with Crippen LogP contribution in [0.25, 0.3) is 0 Å². The van der Waals surface area contributed by atoms with Gasteiger partial charge in [0.15, 0.2) is 0 Å². The van der Waals surface area contributed by atoms with E-state index in [0.29, 0.717) is 12.1 Å². The van der Waals surface area contributed by atoms with Gasteiger partial charge in [0.05, 0.1) is 11.3 Å². The largest absolute Gasteiger partial charge is 0.405 e. The maximum absolute atomic E-state index is 12.1. The number of hydrogen-bond acceptors (Lipinski definition) is 4. The van der Waals surface area contributed by atoms with Crippen LogP contribution >= 0.6 is 0 Å². The maximum atomic E-state index is 12.1. The van der Waals surface area contributed by atoms with Crippen LogP contribution in [0.3, 0.4) is 0 Å². The number of aliphatic imine (C=N–C) groups is 1. The minimum Gasteiger partial charge on any atom is -0.405 e. The molecule has 4 N–H and O–H groups in total. The molecule has 5 nitrogen and oxygen atoms in total. The van der Waals surface area contributed by atoms with Crippen molar-refractivity contribution in [2.75, 3.05) is 7.05 Å². The molecule has 0 aromatic heterocycles. The lowest BCUT2D eigenvalue weighted by Crippen LogP contribution is -2.27. The molecule has 1 aromatic rings. The summed E-state index contributed by atoms with van der Waals surface area (Å²) in [6.07, 6.45) is 5.31. The van der Waals surface area contributed by atoms with Crippen molar-refractivity contribution >= 4 is 17.3 Å². The van der Waals surface area contributed by atoms with Crippen LogP contribution in [0.4, 0.5) is 5.69 Å². The summed E-state index contributed by atoms with van der Waals surface area (Å²) >= 11 is 0. The Labute approximate surface area is 144 Å². The lowest BCUT2D eigenvalue weighted by Gasteiger charge is -2.17. The number of benzene rings is 1. The molecular formula is C19H28N4O. The summed E-state index contributed by atoms with van der Waals surface area (Å²) in [6.45, 7) is 8.61. The lowest BCUT2D eigenvalue weighted by atomic mass is 10.0. The quantitative estimate of drug-likeness (QED) is 0.531. The number of amides is 1. The van der Waals surface area contributed by atoms with E-state index in [0.717, 1.165) is 17.0 Å². The minimum atomic E-state index is -0.131. The van der Waals surface area contributed by atoms with Gasteiger partial charge < -0.3 is 16.4 Å². The van der Waals surface area contributed by atoms with Crippen molar-refractivity contribution < 1.29 is 4.79 Å². The van der Waals surface area contributed by atoms with E-state index in [-0.39, 0.29) is 11.9 Å². The minimum absolute atomic E-state index is 0.131. The average molecular weight is 328 g/mol. The number of allylic oxidation sites excluding steroid dienone is 2. The number of hydrogen-bond donors (Lipinski definition) is 3. The third-order valence-electron chi connectivity index (χ3n) is 3.68. The first-order valence-electron chi connectivity index (χ1n) is 8.05. The lowest BCUT2D eigenvalue weighted by molar-refractivity contribution is 0.0963. The van der Waals surface area contributed by atoms with E-state index >= 15 is 0 Å². The first-order chi connectivity index (χ1) is 11.4. The van der Waals surface area contributed by atoms with E-state index in [1.165, 1.54) is 11.8 Å². The van der Waals surface area contributed by atoms with Crippen molar-refractivity contribution in [3.8, 4) is 0 Å². The number of carbonyl (C=O) groups excluding carboxylic acids is 1. The normalized spacial score (nSPS) is 13.0. The van der Waals surface area contributed by atoms with Crippen LogP contribution in [-0.4, -0.2) is 24.7 Å². The second kappa shape index (κ2) is 9.67. The van der Waals surface area contributed by atoms with Crippen LogP contribution in [0.5, 0.6) is 0 Å². The Hall–Kier alpha value is -2.40. The van der Waals surface area contributed by atoms with Gasteiger partial charge >= 0.3 is 0 Å². The van der Waals surface area contributed by atoms with Gasteiger partial charge in [-0.1, -0.05) is 23.8 Å². The average Bonchev–Trinajstić information content (AvgIpc) is 2.57. The highest BCUT2D eigenvalue weighted by Gasteiger charge is 2.14. The van der Waals surface area contributed by atoms with Gasteiger partial charge in [0.2, 0.25) is 0 Å². The molecular weight excluding hydrogens is 300 g/mol. The molecule has 1 unspecified atom stereocenters. The predicted octanol–water partition coefficient (Wildman–Crippen LogP) is 3.06. The fraction of sp³-hybridized carbons (Fsp3) is 0.368. The van der Waals surface area contributed by atoms with Gasteiger partial charge in [-0.05, 0) is 51.6 Å². The van der Waals surface area contributed by atoms with Gasteiger partial charge in [0.25, 0.3) is 5.91 Å². The molecule has 0 saturated carbocycles. The van der Waals surface area contributed by atoms with Crippen molar-refractivity contribution in [1.82, 2.24) is 10.6 Å². The molecule has 0 aliphatic heterocycles. The van der Waals surface area contributed by atoms with Crippen LogP contribution in [0.1, 0.15) is 43.6 Å². The van der Waals surface area contributed by atoms with E-state index in [1.807, 2.05) is 45.1 Å². The van der Waals surface area contributed by atoms with Crippen molar-refractivity contribution in [3.63, 3.8) is 0 Å². The molecule has 24 heavy (non-hydrogen) atoms. The summed E-state index contributed by atoms with van der Waals surface area (Å²) in [4.78, 5) is 16.7. The molecule has 1 atom stereocenters. The predicted molar refractivity (Wildman–Crippen MR) is 102 cm³/mol. The molecule has 0 aliphatic rings. The maximum Gasteiger partial charge on any atom is 0.253 e. The molecule has 0 aliphatic carbocycles. The Morgan fingerprint density at radius 1 is 1.33 bits per heavy atom. The second-order valence-electron chi connectivity index (χ2n) is 5.85. The topological polar surface area (TPSA) is 79.5 Å². The van der Waals surface area contributed by atoms with Gasteiger partial charge in [-0.3, -0.25) is 9.79 Å². The van der Waals surface area contributed by atoms with Gasteiger partial charge in [-0.2, -0.15) is 0 Å². The number of nitrogens with zero attached hydrogens (tertiary/aromatic N) is 1. The summed E-state index contributed by atoms with van der Waals surface area (Å²) in [5.74, 6) is -0.131.